The summed E-state index contributed by atoms with van der Waals surface area (Å²) in [6, 6.07) is 0. The van der Waals surface area contributed by atoms with Crippen LogP contribution in [0.4, 0.5) is 0 Å². The van der Waals surface area contributed by atoms with Gasteiger partial charge in [0.25, 0.3) is 0 Å². The van der Waals surface area contributed by atoms with Gasteiger partial charge in [-0.15, -0.1) is 0 Å². The van der Waals surface area contributed by atoms with Crippen LogP contribution in [0.3, 0.4) is 0 Å². The first-order valence-electron chi connectivity index (χ1n) is 4.86. The number of methoxy groups -OCH3 is 1. The first-order chi connectivity index (χ1) is 6.77. The second-order valence-corrected chi connectivity index (χ2v) is 3.09. The van der Waals surface area contributed by atoms with Crippen molar-refractivity contribution in [2.24, 2.45) is 7.05 Å². The Labute approximate surface area is 84.5 Å². The minimum Gasteiger partial charge on any atom is -0.383 e. The van der Waals surface area contributed by atoms with Gasteiger partial charge in [0, 0.05) is 27.1 Å². The van der Waals surface area contributed by atoms with E-state index in [1.165, 1.54) is 0 Å². The maximum absolute atomic E-state index is 4.93. The van der Waals surface area contributed by atoms with E-state index in [4.69, 9.17) is 4.74 Å². The van der Waals surface area contributed by atoms with E-state index < -0.39 is 0 Å². The van der Waals surface area contributed by atoms with Crippen molar-refractivity contribution >= 4 is 0 Å². The van der Waals surface area contributed by atoms with Gasteiger partial charge < -0.3 is 10.1 Å². The number of hydrogen-bond acceptors (Lipinski definition) is 4. The SMILES string of the molecule is CCc1nc(CNCCOC)n(C)n1. The van der Waals surface area contributed by atoms with Crippen LogP contribution in [0.25, 0.3) is 0 Å². The lowest BCUT2D eigenvalue weighted by molar-refractivity contribution is 0.199. The molecule has 1 heterocycles. The molecule has 0 amide bonds. The lowest BCUT2D eigenvalue weighted by Crippen LogP contribution is -2.20. The third-order valence-electron chi connectivity index (χ3n) is 1.98. The van der Waals surface area contributed by atoms with Crippen LogP contribution in [0, 0.1) is 0 Å². The fraction of sp³-hybridized carbons (Fsp3) is 0.778. The van der Waals surface area contributed by atoms with Crippen LogP contribution in [0.1, 0.15) is 18.6 Å². The van der Waals surface area contributed by atoms with E-state index in [9.17, 15) is 0 Å². The Bertz CT molecular complexity index is 272. The Morgan fingerprint density at radius 1 is 1.50 bits per heavy atom. The van der Waals surface area contributed by atoms with Crippen molar-refractivity contribution in [3.63, 3.8) is 0 Å². The number of rotatable bonds is 6. The average molecular weight is 198 g/mol. The lowest BCUT2D eigenvalue weighted by Gasteiger charge is -2.02. The molecule has 0 bridgehead atoms. The largest absolute Gasteiger partial charge is 0.383 e. The summed E-state index contributed by atoms with van der Waals surface area (Å²) >= 11 is 0. The highest BCUT2D eigenvalue weighted by Gasteiger charge is 2.03. The Hall–Kier alpha value is -0.940. The molecule has 0 fully saturated rings. The number of ether oxygens (including phenoxy) is 1. The molecule has 5 nitrogen and oxygen atoms in total. The van der Waals surface area contributed by atoms with E-state index in [1.807, 2.05) is 11.7 Å². The smallest absolute Gasteiger partial charge is 0.150 e. The van der Waals surface area contributed by atoms with E-state index >= 15 is 0 Å². The lowest BCUT2D eigenvalue weighted by atomic mass is 10.5. The summed E-state index contributed by atoms with van der Waals surface area (Å²) in [7, 11) is 3.61. The van der Waals surface area contributed by atoms with Gasteiger partial charge in [-0.3, -0.25) is 4.68 Å². The fourth-order valence-corrected chi connectivity index (χ4v) is 1.15. The molecule has 0 aromatic carbocycles. The van der Waals surface area contributed by atoms with Crippen LogP contribution in [-0.4, -0.2) is 35.0 Å². The maximum Gasteiger partial charge on any atom is 0.150 e. The van der Waals surface area contributed by atoms with Crippen molar-refractivity contribution < 1.29 is 4.74 Å². The van der Waals surface area contributed by atoms with E-state index in [2.05, 4.69) is 22.3 Å². The Morgan fingerprint density at radius 3 is 2.86 bits per heavy atom. The van der Waals surface area contributed by atoms with Crippen molar-refractivity contribution in [3.8, 4) is 0 Å². The number of aromatic nitrogens is 3. The monoisotopic (exact) mass is 198 g/mol. The number of aryl methyl sites for hydroxylation is 2. The normalized spacial score (nSPS) is 10.8. The molecule has 0 saturated carbocycles. The molecule has 0 saturated heterocycles. The molecule has 0 spiro atoms. The third-order valence-corrected chi connectivity index (χ3v) is 1.98. The summed E-state index contributed by atoms with van der Waals surface area (Å²) in [6.45, 7) is 4.35. The molecular weight excluding hydrogens is 180 g/mol. The molecule has 0 radical (unpaired) electrons. The van der Waals surface area contributed by atoms with Gasteiger partial charge in [0.1, 0.15) is 5.82 Å². The highest BCUT2D eigenvalue weighted by atomic mass is 16.5. The summed E-state index contributed by atoms with van der Waals surface area (Å²) < 4.78 is 6.75. The molecule has 0 unspecified atom stereocenters. The molecule has 1 N–H and O–H groups in total. The second-order valence-electron chi connectivity index (χ2n) is 3.09. The minimum atomic E-state index is 0.721. The summed E-state index contributed by atoms with van der Waals surface area (Å²) in [5.74, 6) is 1.87. The molecule has 0 aliphatic rings. The van der Waals surface area contributed by atoms with Gasteiger partial charge >= 0.3 is 0 Å². The van der Waals surface area contributed by atoms with Crippen molar-refractivity contribution in [2.45, 2.75) is 19.9 Å². The number of hydrogen-bond donors (Lipinski definition) is 1. The first kappa shape index (κ1) is 11.1. The summed E-state index contributed by atoms with van der Waals surface area (Å²) in [5.41, 5.74) is 0. The molecule has 80 valence electrons. The van der Waals surface area contributed by atoms with E-state index in [0.29, 0.717) is 0 Å². The van der Waals surface area contributed by atoms with Crippen molar-refractivity contribution in [2.75, 3.05) is 20.3 Å². The van der Waals surface area contributed by atoms with Gasteiger partial charge in [0.2, 0.25) is 0 Å². The van der Waals surface area contributed by atoms with Gasteiger partial charge in [-0.2, -0.15) is 5.10 Å². The predicted octanol–water partition coefficient (Wildman–Crippen LogP) is 0.114. The second kappa shape index (κ2) is 5.72. The minimum absolute atomic E-state index is 0.721. The summed E-state index contributed by atoms with van der Waals surface area (Å²) in [6.07, 6.45) is 0.881. The third kappa shape index (κ3) is 3.08. The molecular formula is C9H18N4O. The predicted molar refractivity (Wildman–Crippen MR) is 54.0 cm³/mol. The molecule has 1 aromatic heterocycles. The highest BCUT2D eigenvalue weighted by molar-refractivity contribution is 4.91. The quantitative estimate of drug-likeness (QED) is 0.659. The van der Waals surface area contributed by atoms with Gasteiger partial charge in [-0.05, 0) is 0 Å². The van der Waals surface area contributed by atoms with Crippen molar-refractivity contribution in [1.29, 1.82) is 0 Å². The molecule has 5 heteroatoms. The molecule has 1 aromatic rings. The van der Waals surface area contributed by atoms with E-state index in [-0.39, 0.29) is 0 Å². The molecule has 1 rings (SSSR count). The summed E-state index contributed by atoms with van der Waals surface area (Å²) in [5, 5.41) is 7.49. The standard InChI is InChI=1S/C9H18N4O/c1-4-8-11-9(13(2)12-8)7-10-5-6-14-3/h10H,4-7H2,1-3H3. The Kier molecular flexibility index (Phi) is 4.55. The molecule has 0 atom stereocenters. The van der Waals surface area contributed by atoms with Crippen LogP contribution in [0.15, 0.2) is 0 Å². The van der Waals surface area contributed by atoms with Crippen molar-refractivity contribution in [1.82, 2.24) is 20.1 Å². The van der Waals surface area contributed by atoms with Crippen LogP contribution in [0.5, 0.6) is 0 Å². The van der Waals surface area contributed by atoms with Crippen LogP contribution in [0.2, 0.25) is 0 Å². The van der Waals surface area contributed by atoms with E-state index in [0.717, 1.165) is 37.8 Å². The topological polar surface area (TPSA) is 52.0 Å². The number of nitrogens with one attached hydrogen (secondary N) is 1. The number of nitrogens with zero attached hydrogens (tertiary/aromatic N) is 3. The van der Waals surface area contributed by atoms with Crippen molar-refractivity contribution in [3.05, 3.63) is 11.6 Å². The Balaban J connectivity index is 2.38. The summed E-state index contributed by atoms with van der Waals surface area (Å²) in [4.78, 5) is 4.37. The van der Waals surface area contributed by atoms with Gasteiger partial charge in [0.15, 0.2) is 5.82 Å². The zero-order valence-corrected chi connectivity index (χ0v) is 9.08. The average Bonchev–Trinajstić information content (AvgIpc) is 2.54. The van der Waals surface area contributed by atoms with Gasteiger partial charge in [-0.25, -0.2) is 4.98 Å². The Morgan fingerprint density at radius 2 is 2.29 bits per heavy atom. The first-order valence-corrected chi connectivity index (χ1v) is 4.86. The van der Waals surface area contributed by atoms with Crippen LogP contribution in [-0.2, 0) is 24.8 Å². The zero-order valence-electron chi connectivity index (χ0n) is 9.08. The van der Waals surface area contributed by atoms with Gasteiger partial charge in [0.05, 0.1) is 13.2 Å². The zero-order chi connectivity index (χ0) is 10.4. The maximum atomic E-state index is 4.93. The highest BCUT2D eigenvalue weighted by Crippen LogP contribution is 1.96. The van der Waals surface area contributed by atoms with Crippen LogP contribution >= 0.6 is 0 Å². The van der Waals surface area contributed by atoms with Gasteiger partial charge in [-0.1, -0.05) is 6.92 Å². The fourth-order valence-electron chi connectivity index (χ4n) is 1.15. The molecule has 0 aliphatic carbocycles. The molecule has 0 aliphatic heterocycles. The van der Waals surface area contributed by atoms with E-state index in [1.54, 1.807) is 7.11 Å². The molecule has 14 heavy (non-hydrogen) atoms. The van der Waals surface area contributed by atoms with Crippen LogP contribution < -0.4 is 5.32 Å².